The number of hydrazine groups is 1. The van der Waals surface area contributed by atoms with Gasteiger partial charge in [-0.15, -0.1) is 0 Å². The SMILES string of the molecule is CCCN(CCC)C(=O)c1cccc(C(=O)NC(Cc2ccccc2)C(O)CNN(C)C(=O)CCC(C)C)c1. The second-order valence-electron chi connectivity index (χ2n) is 10.5. The lowest BCUT2D eigenvalue weighted by atomic mass is 10.00. The van der Waals surface area contributed by atoms with Crippen molar-refractivity contribution in [3.8, 4) is 0 Å². The van der Waals surface area contributed by atoms with Gasteiger partial charge < -0.3 is 15.3 Å². The highest BCUT2D eigenvalue weighted by Crippen LogP contribution is 2.13. The molecule has 2 aromatic carbocycles. The predicted octanol–water partition coefficient (Wildman–Crippen LogP) is 4.05. The van der Waals surface area contributed by atoms with Crippen LogP contribution in [0.3, 0.4) is 0 Å². The van der Waals surface area contributed by atoms with E-state index in [1.807, 2.05) is 49.1 Å². The Bertz CT molecular complexity index is 1040. The molecule has 2 rings (SSSR count). The molecule has 3 amide bonds. The maximum atomic E-state index is 13.3. The molecular formula is C31H46N4O4. The van der Waals surface area contributed by atoms with E-state index >= 15 is 0 Å². The minimum atomic E-state index is -0.969. The summed E-state index contributed by atoms with van der Waals surface area (Å²) in [5, 5.41) is 15.4. The third-order valence-corrected chi connectivity index (χ3v) is 6.57. The van der Waals surface area contributed by atoms with Crippen LogP contribution < -0.4 is 10.7 Å². The molecule has 3 N–H and O–H groups in total. The number of rotatable bonds is 16. The maximum Gasteiger partial charge on any atom is 0.253 e. The second kappa shape index (κ2) is 16.7. The first kappa shape index (κ1) is 32.0. The molecule has 0 spiro atoms. The molecule has 0 heterocycles. The molecule has 39 heavy (non-hydrogen) atoms. The summed E-state index contributed by atoms with van der Waals surface area (Å²) in [6.07, 6.45) is 2.36. The summed E-state index contributed by atoms with van der Waals surface area (Å²) in [7, 11) is 1.64. The Balaban J connectivity index is 2.15. The molecule has 8 heteroatoms. The summed E-state index contributed by atoms with van der Waals surface area (Å²) in [4.78, 5) is 40.6. The Kier molecular flexibility index (Phi) is 13.7. The van der Waals surface area contributed by atoms with Crippen LogP contribution in [0.4, 0.5) is 0 Å². The highest BCUT2D eigenvalue weighted by Gasteiger charge is 2.24. The van der Waals surface area contributed by atoms with E-state index in [-0.39, 0.29) is 24.3 Å². The fraction of sp³-hybridized carbons (Fsp3) is 0.516. The molecule has 0 aliphatic rings. The lowest BCUT2D eigenvalue weighted by molar-refractivity contribution is -0.133. The van der Waals surface area contributed by atoms with E-state index in [1.165, 1.54) is 5.01 Å². The monoisotopic (exact) mass is 538 g/mol. The molecule has 2 aromatic rings. The number of hydrogen-bond acceptors (Lipinski definition) is 5. The first-order valence-electron chi connectivity index (χ1n) is 14.1. The van der Waals surface area contributed by atoms with Crippen molar-refractivity contribution in [2.24, 2.45) is 5.92 Å². The van der Waals surface area contributed by atoms with Crippen LogP contribution in [0.5, 0.6) is 0 Å². The third-order valence-electron chi connectivity index (χ3n) is 6.57. The van der Waals surface area contributed by atoms with Gasteiger partial charge >= 0.3 is 0 Å². The van der Waals surface area contributed by atoms with Gasteiger partial charge in [0.2, 0.25) is 5.91 Å². The molecule has 0 aliphatic carbocycles. The fourth-order valence-electron chi connectivity index (χ4n) is 4.27. The number of aliphatic hydroxyl groups excluding tert-OH is 1. The van der Waals surface area contributed by atoms with E-state index in [9.17, 15) is 19.5 Å². The lowest BCUT2D eigenvalue weighted by Gasteiger charge is -2.27. The molecule has 0 saturated heterocycles. The van der Waals surface area contributed by atoms with Gasteiger partial charge in [0.15, 0.2) is 0 Å². The Hall–Kier alpha value is -3.23. The van der Waals surface area contributed by atoms with Gasteiger partial charge in [0.25, 0.3) is 11.8 Å². The summed E-state index contributed by atoms with van der Waals surface area (Å²) >= 11 is 0. The minimum absolute atomic E-state index is 0.0544. The highest BCUT2D eigenvalue weighted by atomic mass is 16.3. The predicted molar refractivity (Wildman–Crippen MR) is 155 cm³/mol. The van der Waals surface area contributed by atoms with E-state index in [1.54, 1.807) is 31.3 Å². The summed E-state index contributed by atoms with van der Waals surface area (Å²) in [6.45, 7) is 9.62. The van der Waals surface area contributed by atoms with Gasteiger partial charge in [0, 0.05) is 44.2 Å². The van der Waals surface area contributed by atoms with E-state index < -0.39 is 12.1 Å². The van der Waals surface area contributed by atoms with Gasteiger partial charge in [-0.25, -0.2) is 5.43 Å². The van der Waals surface area contributed by atoms with Gasteiger partial charge in [-0.05, 0) is 55.4 Å². The molecule has 0 aromatic heterocycles. The number of carbonyl (C=O) groups is 3. The number of hydrogen-bond donors (Lipinski definition) is 3. The Morgan fingerprint density at radius 3 is 2.18 bits per heavy atom. The summed E-state index contributed by atoms with van der Waals surface area (Å²) in [5.41, 5.74) is 4.76. The van der Waals surface area contributed by atoms with Crippen molar-refractivity contribution in [1.29, 1.82) is 0 Å². The number of nitrogens with one attached hydrogen (secondary N) is 2. The van der Waals surface area contributed by atoms with Crippen LogP contribution in [-0.2, 0) is 11.2 Å². The molecule has 214 valence electrons. The van der Waals surface area contributed by atoms with Gasteiger partial charge in [-0.3, -0.25) is 19.4 Å². The van der Waals surface area contributed by atoms with Crippen molar-refractivity contribution in [3.63, 3.8) is 0 Å². The average molecular weight is 539 g/mol. The molecule has 0 bridgehead atoms. The van der Waals surface area contributed by atoms with E-state index in [4.69, 9.17) is 0 Å². The van der Waals surface area contributed by atoms with Crippen LogP contribution in [-0.4, -0.2) is 71.6 Å². The molecule has 0 saturated carbocycles. The summed E-state index contributed by atoms with van der Waals surface area (Å²) in [6, 6.07) is 15.7. The normalized spacial score (nSPS) is 12.6. The zero-order chi connectivity index (χ0) is 28.8. The summed E-state index contributed by atoms with van der Waals surface area (Å²) < 4.78 is 0. The molecule has 0 radical (unpaired) electrons. The number of benzene rings is 2. The van der Waals surface area contributed by atoms with Gasteiger partial charge in [0.1, 0.15) is 0 Å². The van der Waals surface area contributed by atoms with Crippen LogP contribution in [0.15, 0.2) is 54.6 Å². The zero-order valence-corrected chi connectivity index (χ0v) is 24.2. The standard InChI is InChI=1S/C31H46N4O4/c1-6-18-35(19-7-2)31(39)26-15-11-14-25(21-26)30(38)33-27(20-24-12-9-8-10-13-24)28(36)22-32-34(5)29(37)17-16-23(3)4/h8-15,21,23,27-28,32,36H,6-7,16-20,22H2,1-5H3,(H,33,38). The van der Waals surface area contributed by atoms with Gasteiger partial charge in [-0.2, -0.15) is 0 Å². The van der Waals surface area contributed by atoms with Gasteiger partial charge in [0.05, 0.1) is 12.1 Å². The average Bonchev–Trinajstić information content (AvgIpc) is 2.94. The van der Waals surface area contributed by atoms with E-state index in [0.29, 0.717) is 43.0 Å². The number of nitrogens with zero attached hydrogens (tertiary/aromatic N) is 2. The molecule has 8 nitrogen and oxygen atoms in total. The maximum absolute atomic E-state index is 13.3. The largest absolute Gasteiger partial charge is 0.390 e. The molecule has 0 fully saturated rings. The third kappa shape index (κ3) is 10.8. The van der Waals surface area contributed by atoms with E-state index in [2.05, 4.69) is 24.6 Å². The van der Waals surface area contributed by atoms with Crippen molar-refractivity contribution in [1.82, 2.24) is 20.7 Å². The first-order chi connectivity index (χ1) is 18.7. The first-order valence-corrected chi connectivity index (χ1v) is 14.1. The molecule has 2 unspecified atom stereocenters. The highest BCUT2D eigenvalue weighted by molar-refractivity contribution is 5.99. The number of amides is 3. The zero-order valence-electron chi connectivity index (χ0n) is 24.2. The van der Waals surface area contributed by atoms with Crippen molar-refractivity contribution in [2.45, 2.75) is 71.9 Å². The smallest absolute Gasteiger partial charge is 0.253 e. The molecule has 2 atom stereocenters. The number of carbonyl (C=O) groups excluding carboxylic acids is 3. The topological polar surface area (TPSA) is 102 Å². The van der Waals surface area contributed by atoms with Crippen LogP contribution in [0, 0.1) is 5.92 Å². The quantitative estimate of drug-likeness (QED) is 0.280. The summed E-state index contributed by atoms with van der Waals surface area (Å²) in [5.74, 6) is -0.0955. The fourth-order valence-corrected chi connectivity index (χ4v) is 4.27. The second-order valence-corrected chi connectivity index (χ2v) is 10.5. The van der Waals surface area contributed by atoms with Crippen molar-refractivity contribution in [3.05, 3.63) is 71.3 Å². The van der Waals surface area contributed by atoms with Crippen LogP contribution in [0.2, 0.25) is 0 Å². The van der Waals surface area contributed by atoms with Crippen LogP contribution in [0.25, 0.3) is 0 Å². The molecule has 0 aliphatic heterocycles. The van der Waals surface area contributed by atoms with Crippen LogP contribution >= 0.6 is 0 Å². The Morgan fingerprint density at radius 1 is 0.923 bits per heavy atom. The lowest BCUT2D eigenvalue weighted by Crippen LogP contribution is -2.52. The van der Waals surface area contributed by atoms with Crippen molar-refractivity contribution in [2.75, 3.05) is 26.7 Å². The van der Waals surface area contributed by atoms with E-state index in [0.717, 1.165) is 24.8 Å². The Morgan fingerprint density at radius 2 is 1.56 bits per heavy atom. The van der Waals surface area contributed by atoms with Crippen molar-refractivity contribution >= 4 is 17.7 Å². The van der Waals surface area contributed by atoms with Gasteiger partial charge in [-0.1, -0.05) is 64.1 Å². The number of aliphatic hydroxyl groups is 1. The minimum Gasteiger partial charge on any atom is -0.390 e. The van der Waals surface area contributed by atoms with Crippen LogP contribution in [0.1, 0.15) is 79.7 Å². The Labute approximate surface area is 233 Å². The molecular weight excluding hydrogens is 492 g/mol. The van der Waals surface area contributed by atoms with Crippen molar-refractivity contribution < 1.29 is 19.5 Å².